The number of nitrogens with zero attached hydrogens (tertiary/aromatic N) is 1. The zero-order valence-electron chi connectivity index (χ0n) is 11.1. The van der Waals surface area contributed by atoms with Crippen LogP contribution in [0.4, 0.5) is 0 Å². The van der Waals surface area contributed by atoms with Gasteiger partial charge in [-0.1, -0.05) is 26.7 Å². The van der Waals surface area contributed by atoms with E-state index in [1.54, 1.807) is 0 Å². The van der Waals surface area contributed by atoms with Gasteiger partial charge in [0.05, 0.1) is 5.69 Å². The molecule has 1 aliphatic carbocycles. The van der Waals surface area contributed by atoms with Crippen LogP contribution in [0.25, 0.3) is 0 Å². The summed E-state index contributed by atoms with van der Waals surface area (Å²) in [4.78, 5) is 15.5. The van der Waals surface area contributed by atoms with E-state index in [0.717, 1.165) is 6.42 Å². The van der Waals surface area contributed by atoms with Gasteiger partial charge in [0.15, 0.2) is 5.89 Å². The average Bonchev–Trinajstić information content (AvgIpc) is 2.87. The molecule has 4 nitrogen and oxygen atoms in total. The molecule has 0 saturated heterocycles. The van der Waals surface area contributed by atoms with Crippen molar-refractivity contribution in [2.24, 2.45) is 11.8 Å². The van der Waals surface area contributed by atoms with E-state index < -0.39 is 5.97 Å². The number of carboxylic acid groups (broad SMARTS) is 1. The van der Waals surface area contributed by atoms with E-state index >= 15 is 0 Å². The molecule has 18 heavy (non-hydrogen) atoms. The monoisotopic (exact) mass is 251 g/mol. The highest BCUT2D eigenvalue weighted by molar-refractivity contribution is 5.85. The third-order valence-corrected chi connectivity index (χ3v) is 3.48. The van der Waals surface area contributed by atoms with Crippen molar-refractivity contribution in [3.8, 4) is 0 Å². The molecular formula is C14H21NO3. The molecule has 1 N–H and O–H groups in total. The van der Waals surface area contributed by atoms with Crippen molar-refractivity contribution < 1.29 is 14.3 Å². The number of oxazole rings is 1. The average molecular weight is 251 g/mol. The van der Waals surface area contributed by atoms with Crippen LogP contribution in [0.3, 0.4) is 0 Å². The summed E-state index contributed by atoms with van der Waals surface area (Å²) in [6.45, 7) is 4.11. The van der Waals surface area contributed by atoms with E-state index in [2.05, 4.69) is 18.8 Å². The lowest BCUT2D eigenvalue weighted by Gasteiger charge is -2.03. The first kappa shape index (κ1) is 13.1. The molecule has 0 atom stereocenters. The van der Waals surface area contributed by atoms with Crippen LogP contribution >= 0.6 is 0 Å². The van der Waals surface area contributed by atoms with Crippen LogP contribution in [-0.2, 0) is 12.8 Å². The standard InChI is InChI=1S/C14H21NO3/c1-9(2)7-11-13(14(16)17)18-12(15-11)8-10-5-3-4-6-10/h9-10H,3-8H2,1-2H3,(H,16,17). The lowest BCUT2D eigenvalue weighted by atomic mass is 10.0. The number of hydrogen-bond acceptors (Lipinski definition) is 3. The van der Waals surface area contributed by atoms with Gasteiger partial charge in [0, 0.05) is 6.42 Å². The number of aromatic nitrogens is 1. The predicted molar refractivity (Wildman–Crippen MR) is 67.7 cm³/mol. The van der Waals surface area contributed by atoms with E-state index in [1.165, 1.54) is 25.7 Å². The first-order chi connectivity index (χ1) is 8.56. The predicted octanol–water partition coefficient (Wildman–Crippen LogP) is 3.30. The minimum Gasteiger partial charge on any atom is -0.475 e. The van der Waals surface area contributed by atoms with Crippen molar-refractivity contribution in [1.82, 2.24) is 4.98 Å². The fourth-order valence-corrected chi connectivity index (χ4v) is 2.64. The van der Waals surface area contributed by atoms with Crippen molar-refractivity contribution >= 4 is 5.97 Å². The van der Waals surface area contributed by atoms with Crippen LogP contribution in [0, 0.1) is 11.8 Å². The van der Waals surface area contributed by atoms with Gasteiger partial charge in [-0.05, 0) is 31.1 Å². The molecule has 1 aliphatic rings. The Hall–Kier alpha value is -1.32. The number of rotatable bonds is 5. The van der Waals surface area contributed by atoms with E-state index in [-0.39, 0.29) is 5.76 Å². The maximum atomic E-state index is 11.1. The van der Waals surface area contributed by atoms with Gasteiger partial charge in [-0.3, -0.25) is 0 Å². The Kier molecular flexibility index (Phi) is 4.04. The second-order valence-electron chi connectivity index (χ2n) is 5.64. The fraction of sp³-hybridized carbons (Fsp3) is 0.714. The SMILES string of the molecule is CC(C)Cc1nc(CC2CCCC2)oc1C(=O)O. The Labute approximate surface area is 107 Å². The van der Waals surface area contributed by atoms with Gasteiger partial charge < -0.3 is 9.52 Å². The number of aromatic carboxylic acids is 1. The largest absolute Gasteiger partial charge is 0.475 e. The summed E-state index contributed by atoms with van der Waals surface area (Å²) >= 11 is 0. The minimum absolute atomic E-state index is 0.0386. The summed E-state index contributed by atoms with van der Waals surface area (Å²) in [5, 5.41) is 9.12. The van der Waals surface area contributed by atoms with Crippen LogP contribution < -0.4 is 0 Å². The third-order valence-electron chi connectivity index (χ3n) is 3.48. The zero-order valence-corrected chi connectivity index (χ0v) is 11.1. The molecular weight excluding hydrogens is 230 g/mol. The maximum Gasteiger partial charge on any atom is 0.373 e. The molecule has 4 heteroatoms. The first-order valence-corrected chi connectivity index (χ1v) is 6.78. The molecule has 2 rings (SSSR count). The van der Waals surface area contributed by atoms with Gasteiger partial charge in [-0.2, -0.15) is 0 Å². The van der Waals surface area contributed by atoms with Crippen LogP contribution in [-0.4, -0.2) is 16.1 Å². The van der Waals surface area contributed by atoms with Crippen molar-refractivity contribution in [1.29, 1.82) is 0 Å². The van der Waals surface area contributed by atoms with Gasteiger partial charge >= 0.3 is 5.97 Å². The normalized spacial score (nSPS) is 16.6. The molecule has 1 heterocycles. The summed E-state index contributed by atoms with van der Waals surface area (Å²) in [6.07, 6.45) is 6.43. The molecule has 1 saturated carbocycles. The highest BCUT2D eigenvalue weighted by Crippen LogP contribution is 2.28. The molecule has 0 bridgehead atoms. The van der Waals surface area contributed by atoms with Gasteiger partial charge in [0.1, 0.15) is 0 Å². The lowest BCUT2D eigenvalue weighted by Crippen LogP contribution is -2.03. The smallest absolute Gasteiger partial charge is 0.373 e. The van der Waals surface area contributed by atoms with E-state index in [9.17, 15) is 4.79 Å². The molecule has 0 spiro atoms. The van der Waals surface area contributed by atoms with Crippen molar-refractivity contribution in [3.05, 3.63) is 17.3 Å². The Morgan fingerprint density at radius 2 is 2.11 bits per heavy atom. The number of carbonyl (C=O) groups is 1. The Bertz CT molecular complexity index is 417. The Morgan fingerprint density at radius 3 is 2.67 bits per heavy atom. The molecule has 1 fully saturated rings. The fourth-order valence-electron chi connectivity index (χ4n) is 2.64. The number of hydrogen-bond donors (Lipinski definition) is 1. The molecule has 1 aromatic rings. The summed E-state index contributed by atoms with van der Waals surface area (Å²) < 4.78 is 5.43. The molecule has 0 aliphatic heterocycles. The maximum absolute atomic E-state index is 11.1. The highest BCUT2D eigenvalue weighted by Gasteiger charge is 2.23. The summed E-state index contributed by atoms with van der Waals surface area (Å²) in [6, 6.07) is 0. The molecule has 0 aromatic carbocycles. The quantitative estimate of drug-likeness (QED) is 0.872. The van der Waals surface area contributed by atoms with Crippen molar-refractivity contribution in [2.75, 3.05) is 0 Å². The molecule has 0 amide bonds. The lowest BCUT2D eigenvalue weighted by molar-refractivity contribution is 0.0658. The van der Waals surface area contributed by atoms with Gasteiger partial charge in [-0.15, -0.1) is 0 Å². The van der Waals surface area contributed by atoms with E-state index in [4.69, 9.17) is 9.52 Å². The second-order valence-corrected chi connectivity index (χ2v) is 5.64. The molecule has 100 valence electrons. The van der Waals surface area contributed by atoms with Gasteiger partial charge in [-0.25, -0.2) is 9.78 Å². The van der Waals surface area contributed by atoms with Crippen molar-refractivity contribution in [2.45, 2.75) is 52.4 Å². The summed E-state index contributed by atoms with van der Waals surface area (Å²) in [5.74, 6) is 0.646. The van der Waals surface area contributed by atoms with Gasteiger partial charge in [0.2, 0.25) is 5.76 Å². The number of carboxylic acids is 1. The Morgan fingerprint density at radius 1 is 1.44 bits per heavy atom. The summed E-state index contributed by atoms with van der Waals surface area (Å²) in [7, 11) is 0. The molecule has 1 aromatic heterocycles. The van der Waals surface area contributed by atoms with Crippen LogP contribution in [0.1, 0.15) is 61.7 Å². The third kappa shape index (κ3) is 3.12. The minimum atomic E-state index is -1.00. The topological polar surface area (TPSA) is 63.3 Å². The van der Waals surface area contributed by atoms with Crippen molar-refractivity contribution in [3.63, 3.8) is 0 Å². The van der Waals surface area contributed by atoms with E-state index in [1.807, 2.05) is 0 Å². The van der Waals surface area contributed by atoms with E-state index in [0.29, 0.717) is 29.8 Å². The van der Waals surface area contributed by atoms with Crippen LogP contribution in [0.2, 0.25) is 0 Å². The molecule has 0 unspecified atom stereocenters. The highest BCUT2D eigenvalue weighted by atomic mass is 16.4. The van der Waals surface area contributed by atoms with Crippen LogP contribution in [0.15, 0.2) is 4.42 Å². The zero-order chi connectivity index (χ0) is 13.1. The summed E-state index contributed by atoms with van der Waals surface area (Å²) in [5.41, 5.74) is 0.602. The molecule has 0 radical (unpaired) electrons. The van der Waals surface area contributed by atoms with Gasteiger partial charge in [0.25, 0.3) is 0 Å². The Balaban J connectivity index is 2.13. The second kappa shape index (κ2) is 5.55. The first-order valence-electron chi connectivity index (χ1n) is 6.78. The van der Waals surface area contributed by atoms with Crippen LogP contribution in [0.5, 0.6) is 0 Å².